The third-order valence-electron chi connectivity index (χ3n) is 3.60. The predicted octanol–water partition coefficient (Wildman–Crippen LogP) is 1.28. The molecule has 0 aromatic carbocycles. The molecular weight excluding hydrogens is 258 g/mol. The molecule has 0 bridgehead atoms. The minimum Gasteiger partial charge on any atom is -0.481 e. The average Bonchev–Trinajstić information content (AvgIpc) is 2.46. The first-order chi connectivity index (χ1) is 9.52. The molecule has 104 valence electrons. The SMILES string of the molecule is CC1CC(C(=O)O)CCN1C(=O)c1ccc(C#N)cn1. The van der Waals surface area contributed by atoms with Crippen LogP contribution in [0.2, 0.25) is 0 Å². The maximum Gasteiger partial charge on any atom is 0.306 e. The Balaban J connectivity index is 2.09. The highest BCUT2D eigenvalue weighted by Crippen LogP contribution is 2.24. The minimum absolute atomic E-state index is 0.130. The van der Waals surface area contributed by atoms with Crippen LogP contribution in [0, 0.1) is 17.2 Å². The van der Waals surface area contributed by atoms with Gasteiger partial charge in [-0.05, 0) is 31.9 Å². The number of aliphatic carboxylic acids is 1. The molecule has 2 rings (SSSR count). The molecular formula is C14H15N3O3. The van der Waals surface area contributed by atoms with Crippen molar-refractivity contribution in [2.75, 3.05) is 6.54 Å². The summed E-state index contributed by atoms with van der Waals surface area (Å²) in [5.41, 5.74) is 0.684. The second kappa shape index (κ2) is 5.70. The van der Waals surface area contributed by atoms with E-state index in [1.54, 1.807) is 11.0 Å². The fourth-order valence-electron chi connectivity index (χ4n) is 2.43. The molecule has 1 aromatic rings. The highest BCUT2D eigenvalue weighted by molar-refractivity contribution is 5.92. The molecule has 0 radical (unpaired) electrons. The number of pyridine rings is 1. The van der Waals surface area contributed by atoms with Crippen LogP contribution in [0.4, 0.5) is 0 Å². The Hall–Kier alpha value is -2.42. The van der Waals surface area contributed by atoms with Gasteiger partial charge in [0.15, 0.2) is 0 Å². The normalized spacial score (nSPS) is 22.1. The Morgan fingerprint density at radius 3 is 2.75 bits per heavy atom. The molecule has 6 nitrogen and oxygen atoms in total. The van der Waals surface area contributed by atoms with Gasteiger partial charge in [-0.25, -0.2) is 4.98 Å². The number of hydrogen-bond donors (Lipinski definition) is 1. The van der Waals surface area contributed by atoms with E-state index in [-0.39, 0.29) is 23.6 Å². The quantitative estimate of drug-likeness (QED) is 0.875. The molecule has 1 amide bonds. The highest BCUT2D eigenvalue weighted by atomic mass is 16.4. The number of carboxylic acid groups (broad SMARTS) is 1. The van der Waals surface area contributed by atoms with E-state index in [1.807, 2.05) is 13.0 Å². The lowest BCUT2D eigenvalue weighted by atomic mass is 9.91. The second-order valence-electron chi connectivity index (χ2n) is 4.95. The van der Waals surface area contributed by atoms with Crippen LogP contribution < -0.4 is 0 Å². The summed E-state index contributed by atoms with van der Waals surface area (Å²) < 4.78 is 0. The molecule has 6 heteroatoms. The molecule has 0 spiro atoms. The lowest BCUT2D eigenvalue weighted by Crippen LogP contribution is -2.46. The van der Waals surface area contributed by atoms with Crippen molar-refractivity contribution >= 4 is 11.9 Å². The number of nitriles is 1. The van der Waals surface area contributed by atoms with Crippen LogP contribution in [-0.2, 0) is 4.79 Å². The fraction of sp³-hybridized carbons (Fsp3) is 0.429. The number of amides is 1. The Morgan fingerprint density at radius 2 is 2.25 bits per heavy atom. The summed E-state index contributed by atoms with van der Waals surface area (Å²) in [4.78, 5) is 28.9. The van der Waals surface area contributed by atoms with Gasteiger partial charge in [-0.1, -0.05) is 0 Å². The van der Waals surface area contributed by atoms with Gasteiger partial charge in [0.25, 0.3) is 5.91 Å². The summed E-state index contributed by atoms with van der Waals surface area (Å²) in [6, 6.07) is 4.89. The third-order valence-corrected chi connectivity index (χ3v) is 3.60. The van der Waals surface area contributed by atoms with E-state index in [2.05, 4.69) is 4.98 Å². The van der Waals surface area contributed by atoms with E-state index in [0.29, 0.717) is 24.9 Å². The largest absolute Gasteiger partial charge is 0.481 e. The number of carbonyl (C=O) groups is 2. The number of nitrogens with zero attached hydrogens (tertiary/aromatic N) is 3. The van der Waals surface area contributed by atoms with Gasteiger partial charge in [-0.2, -0.15) is 5.26 Å². The monoisotopic (exact) mass is 273 g/mol. The van der Waals surface area contributed by atoms with E-state index in [9.17, 15) is 9.59 Å². The highest BCUT2D eigenvalue weighted by Gasteiger charge is 2.32. The zero-order valence-electron chi connectivity index (χ0n) is 11.1. The number of hydrogen-bond acceptors (Lipinski definition) is 4. The van der Waals surface area contributed by atoms with Crippen molar-refractivity contribution in [3.8, 4) is 6.07 Å². The lowest BCUT2D eigenvalue weighted by molar-refractivity contribution is -0.143. The number of carbonyl (C=O) groups excluding carboxylic acids is 1. The van der Waals surface area contributed by atoms with Crippen LogP contribution in [0.5, 0.6) is 0 Å². The summed E-state index contributed by atoms with van der Waals surface area (Å²) in [6.07, 6.45) is 2.28. The van der Waals surface area contributed by atoms with Crippen LogP contribution in [0.15, 0.2) is 18.3 Å². The first-order valence-electron chi connectivity index (χ1n) is 6.43. The van der Waals surface area contributed by atoms with Gasteiger partial charge < -0.3 is 10.0 Å². The third kappa shape index (κ3) is 2.77. The maximum absolute atomic E-state index is 12.3. The smallest absolute Gasteiger partial charge is 0.306 e. The summed E-state index contributed by atoms with van der Waals surface area (Å²) in [7, 11) is 0. The average molecular weight is 273 g/mol. The summed E-state index contributed by atoms with van der Waals surface area (Å²) in [5.74, 6) is -1.41. The molecule has 1 N–H and O–H groups in total. The van der Waals surface area contributed by atoms with E-state index in [4.69, 9.17) is 10.4 Å². The molecule has 2 heterocycles. The molecule has 1 aromatic heterocycles. The van der Waals surface area contributed by atoms with E-state index in [1.165, 1.54) is 12.3 Å². The van der Waals surface area contributed by atoms with Gasteiger partial charge in [0.2, 0.25) is 0 Å². The Labute approximate surface area is 116 Å². The topological polar surface area (TPSA) is 94.3 Å². The lowest BCUT2D eigenvalue weighted by Gasteiger charge is -2.36. The molecule has 0 saturated carbocycles. The van der Waals surface area contributed by atoms with Crippen molar-refractivity contribution in [1.82, 2.24) is 9.88 Å². The Kier molecular flexibility index (Phi) is 3.99. The molecule has 2 unspecified atom stereocenters. The molecule has 20 heavy (non-hydrogen) atoms. The second-order valence-corrected chi connectivity index (χ2v) is 4.95. The number of aromatic nitrogens is 1. The fourth-order valence-corrected chi connectivity index (χ4v) is 2.43. The standard InChI is InChI=1S/C14H15N3O3/c1-9-6-11(14(19)20)4-5-17(9)13(18)12-3-2-10(7-15)8-16-12/h2-3,8-9,11H,4-6H2,1H3,(H,19,20). The van der Waals surface area contributed by atoms with Crippen LogP contribution in [0.25, 0.3) is 0 Å². The number of carboxylic acids is 1. The maximum atomic E-state index is 12.3. The van der Waals surface area contributed by atoms with E-state index >= 15 is 0 Å². The number of piperidine rings is 1. The zero-order chi connectivity index (χ0) is 14.7. The Bertz CT molecular complexity index is 562. The number of likely N-dealkylation sites (tertiary alicyclic amines) is 1. The zero-order valence-corrected chi connectivity index (χ0v) is 11.1. The molecule has 0 aliphatic carbocycles. The van der Waals surface area contributed by atoms with Crippen molar-refractivity contribution < 1.29 is 14.7 Å². The summed E-state index contributed by atoms with van der Waals surface area (Å²) in [6.45, 7) is 2.26. The first-order valence-corrected chi connectivity index (χ1v) is 6.43. The van der Waals surface area contributed by atoms with Crippen LogP contribution in [-0.4, -0.2) is 39.5 Å². The van der Waals surface area contributed by atoms with Crippen LogP contribution in [0.3, 0.4) is 0 Å². The van der Waals surface area contributed by atoms with Crippen LogP contribution in [0.1, 0.15) is 35.8 Å². The van der Waals surface area contributed by atoms with Crippen LogP contribution >= 0.6 is 0 Å². The molecule has 1 saturated heterocycles. The van der Waals surface area contributed by atoms with Crippen molar-refractivity contribution in [3.63, 3.8) is 0 Å². The van der Waals surface area contributed by atoms with Crippen molar-refractivity contribution in [1.29, 1.82) is 5.26 Å². The van der Waals surface area contributed by atoms with Gasteiger partial charge in [-0.3, -0.25) is 9.59 Å². The van der Waals surface area contributed by atoms with Gasteiger partial charge in [0.05, 0.1) is 11.5 Å². The van der Waals surface area contributed by atoms with E-state index < -0.39 is 5.97 Å². The minimum atomic E-state index is -0.805. The van der Waals surface area contributed by atoms with Gasteiger partial charge in [0.1, 0.15) is 11.8 Å². The molecule has 2 atom stereocenters. The molecule has 1 fully saturated rings. The van der Waals surface area contributed by atoms with Gasteiger partial charge >= 0.3 is 5.97 Å². The molecule has 1 aliphatic rings. The first kappa shape index (κ1) is 14.0. The van der Waals surface area contributed by atoms with Crippen molar-refractivity contribution in [2.45, 2.75) is 25.8 Å². The summed E-state index contributed by atoms with van der Waals surface area (Å²) >= 11 is 0. The number of rotatable bonds is 2. The summed E-state index contributed by atoms with van der Waals surface area (Å²) in [5, 5.41) is 17.7. The van der Waals surface area contributed by atoms with Gasteiger partial charge in [0, 0.05) is 18.8 Å². The van der Waals surface area contributed by atoms with Gasteiger partial charge in [-0.15, -0.1) is 0 Å². The predicted molar refractivity (Wildman–Crippen MR) is 69.8 cm³/mol. The molecule has 1 aliphatic heterocycles. The van der Waals surface area contributed by atoms with Crippen molar-refractivity contribution in [3.05, 3.63) is 29.6 Å². The van der Waals surface area contributed by atoms with Crippen molar-refractivity contribution in [2.24, 2.45) is 5.92 Å². The Morgan fingerprint density at radius 1 is 1.50 bits per heavy atom. The van der Waals surface area contributed by atoms with E-state index in [0.717, 1.165) is 0 Å².